The second kappa shape index (κ2) is 7.67. The minimum absolute atomic E-state index is 0.171. The average Bonchev–Trinajstić information content (AvgIpc) is 2.57. The summed E-state index contributed by atoms with van der Waals surface area (Å²) in [7, 11) is 0. The van der Waals surface area contributed by atoms with Crippen molar-refractivity contribution < 1.29 is 24.9 Å². The van der Waals surface area contributed by atoms with Gasteiger partial charge < -0.3 is 20.1 Å². The summed E-state index contributed by atoms with van der Waals surface area (Å²) in [5, 5.41) is 31.1. The fraction of sp³-hybridized carbons (Fsp3) is 0.667. The molecule has 0 bridgehead atoms. The number of aliphatic hydroxyl groups is 3. The van der Waals surface area contributed by atoms with Gasteiger partial charge in [0.05, 0.1) is 13.2 Å². The van der Waals surface area contributed by atoms with Crippen LogP contribution in [0.1, 0.15) is 47.0 Å². The SMILES string of the molecule is C/C=C/C=C/C(=O)O[C@@H]1C=C(CO)[C@](O)(CO)[C@@]2(C)CCCC(C)(C)[C@H]12. The average molecular weight is 364 g/mol. The Kier molecular flexibility index (Phi) is 6.16. The molecule has 2 aliphatic carbocycles. The van der Waals surface area contributed by atoms with E-state index in [4.69, 9.17) is 4.74 Å². The van der Waals surface area contributed by atoms with Crippen LogP contribution in [0.5, 0.6) is 0 Å². The summed E-state index contributed by atoms with van der Waals surface area (Å²) in [6.07, 6.45) is 10.2. The summed E-state index contributed by atoms with van der Waals surface area (Å²) >= 11 is 0. The van der Waals surface area contributed by atoms with Crippen LogP contribution in [0.25, 0.3) is 0 Å². The van der Waals surface area contributed by atoms with E-state index in [2.05, 4.69) is 13.8 Å². The monoisotopic (exact) mass is 364 g/mol. The lowest BCUT2D eigenvalue weighted by atomic mass is 9.46. The van der Waals surface area contributed by atoms with E-state index in [-0.39, 0.29) is 17.9 Å². The van der Waals surface area contributed by atoms with Crippen LogP contribution in [0.2, 0.25) is 0 Å². The Bertz CT molecular complexity index is 618. The number of hydrogen-bond acceptors (Lipinski definition) is 5. The number of esters is 1. The molecule has 5 nitrogen and oxygen atoms in total. The van der Waals surface area contributed by atoms with Crippen molar-refractivity contribution in [3.05, 3.63) is 36.0 Å². The van der Waals surface area contributed by atoms with E-state index in [1.807, 2.05) is 19.9 Å². The Morgan fingerprint density at radius 3 is 2.54 bits per heavy atom. The zero-order valence-corrected chi connectivity index (χ0v) is 16.2. The normalized spacial score (nSPS) is 36.8. The molecule has 5 heteroatoms. The molecule has 0 radical (unpaired) electrons. The van der Waals surface area contributed by atoms with Crippen molar-refractivity contribution in [1.29, 1.82) is 0 Å². The lowest BCUT2D eigenvalue weighted by Gasteiger charge is -2.61. The largest absolute Gasteiger partial charge is 0.455 e. The topological polar surface area (TPSA) is 87.0 Å². The van der Waals surface area contributed by atoms with Crippen molar-refractivity contribution in [2.45, 2.75) is 58.7 Å². The molecule has 0 aromatic rings. The predicted molar refractivity (Wildman–Crippen MR) is 100 cm³/mol. The van der Waals surface area contributed by atoms with Crippen LogP contribution in [0.15, 0.2) is 36.0 Å². The van der Waals surface area contributed by atoms with Gasteiger partial charge >= 0.3 is 5.97 Å². The summed E-state index contributed by atoms with van der Waals surface area (Å²) < 4.78 is 5.74. The molecule has 1 saturated carbocycles. The number of hydrogen-bond donors (Lipinski definition) is 3. The zero-order chi connectivity index (χ0) is 19.6. The molecular formula is C21H32O5. The molecule has 0 unspecified atom stereocenters. The maximum atomic E-state index is 12.3. The Balaban J connectivity index is 2.49. The highest BCUT2D eigenvalue weighted by Crippen LogP contribution is 2.61. The van der Waals surface area contributed by atoms with Gasteiger partial charge in [-0.05, 0) is 36.8 Å². The van der Waals surface area contributed by atoms with Gasteiger partial charge in [0.25, 0.3) is 0 Å². The number of rotatable bonds is 5. The number of aliphatic hydroxyl groups excluding tert-OH is 2. The molecular weight excluding hydrogens is 332 g/mol. The van der Waals surface area contributed by atoms with Crippen molar-refractivity contribution in [3.63, 3.8) is 0 Å². The first-order valence-electron chi connectivity index (χ1n) is 9.31. The second-order valence-corrected chi connectivity index (χ2v) is 8.39. The lowest BCUT2D eigenvalue weighted by Crippen LogP contribution is -2.65. The number of allylic oxidation sites excluding steroid dienone is 3. The van der Waals surface area contributed by atoms with Gasteiger partial charge in [0.2, 0.25) is 0 Å². The predicted octanol–water partition coefficient (Wildman–Crippen LogP) is 2.52. The van der Waals surface area contributed by atoms with Crippen molar-refractivity contribution in [1.82, 2.24) is 0 Å². The highest BCUT2D eigenvalue weighted by Gasteiger charge is 2.63. The van der Waals surface area contributed by atoms with Gasteiger partial charge in [-0.2, -0.15) is 0 Å². The first-order valence-corrected chi connectivity index (χ1v) is 9.31. The molecule has 3 N–H and O–H groups in total. The van der Waals surface area contributed by atoms with Gasteiger partial charge in [-0.15, -0.1) is 0 Å². The standard InChI is InChI=1S/C21H32O5/c1-5-6-7-9-17(24)26-16-12-15(13-22)21(25,14-23)20(4)11-8-10-19(2,3)18(16)20/h5-7,9,12,16,18,22-23,25H,8,10-11,13-14H2,1-4H3/b6-5+,9-7+/t16-,18+,20+,21-/m1/s1. The third-order valence-corrected chi connectivity index (χ3v) is 6.40. The Morgan fingerprint density at radius 2 is 1.96 bits per heavy atom. The number of fused-ring (bicyclic) bond motifs is 1. The van der Waals surface area contributed by atoms with Gasteiger partial charge in [0, 0.05) is 17.4 Å². The van der Waals surface area contributed by atoms with E-state index in [1.54, 1.807) is 18.2 Å². The molecule has 0 heterocycles. The highest BCUT2D eigenvalue weighted by molar-refractivity contribution is 5.82. The molecule has 2 aliphatic rings. The van der Waals surface area contributed by atoms with Gasteiger partial charge in [0.15, 0.2) is 0 Å². The molecule has 4 atom stereocenters. The number of carbonyl (C=O) groups is 1. The van der Waals surface area contributed by atoms with E-state index in [0.29, 0.717) is 12.0 Å². The molecule has 0 spiro atoms. The summed E-state index contributed by atoms with van der Waals surface area (Å²) in [5.74, 6) is -0.630. The third kappa shape index (κ3) is 3.40. The van der Waals surface area contributed by atoms with Crippen molar-refractivity contribution in [3.8, 4) is 0 Å². The van der Waals surface area contributed by atoms with Gasteiger partial charge in [0.1, 0.15) is 11.7 Å². The van der Waals surface area contributed by atoms with Gasteiger partial charge in [-0.1, -0.05) is 45.4 Å². The first-order chi connectivity index (χ1) is 12.2. The van der Waals surface area contributed by atoms with Crippen LogP contribution in [-0.2, 0) is 9.53 Å². The second-order valence-electron chi connectivity index (χ2n) is 8.39. The molecule has 2 rings (SSSR count). The third-order valence-electron chi connectivity index (χ3n) is 6.40. The minimum Gasteiger partial charge on any atom is -0.455 e. The van der Waals surface area contributed by atoms with E-state index in [9.17, 15) is 20.1 Å². The van der Waals surface area contributed by atoms with Crippen LogP contribution in [0, 0.1) is 16.7 Å². The molecule has 26 heavy (non-hydrogen) atoms. The molecule has 0 amide bonds. The zero-order valence-electron chi connectivity index (χ0n) is 16.2. The highest BCUT2D eigenvalue weighted by atomic mass is 16.5. The molecule has 0 aliphatic heterocycles. The van der Waals surface area contributed by atoms with E-state index >= 15 is 0 Å². The van der Waals surface area contributed by atoms with Gasteiger partial charge in [-0.3, -0.25) is 0 Å². The first kappa shape index (κ1) is 20.9. The van der Waals surface area contributed by atoms with Crippen LogP contribution >= 0.6 is 0 Å². The Morgan fingerprint density at radius 1 is 1.27 bits per heavy atom. The molecule has 0 aromatic heterocycles. The summed E-state index contributed by atoms with van der Waals surface area (Å²) in [6, 6.07) is 0. The fourth-order valence-corrected chi connectivity index (χ4v) is 5.14. The van der Waals surface area contributed by atoms with E-state index in [0.717, 1.165) is 12.8 Å². The van der Waals surface area contributed by atoms with E-state index < -0.39 is 29.7 Å². The Hall–Kier alpha value is -1.43. The quantitative estimate of drug-likeness (QED) is 0.302. The maximum Gasteiger partial charge on any atom is 0.331 e. The van der Waals surface area contributed by atoms with Crippen molar-refractivity contribution in [2.24, 2.45) is 16.7 Å². The van der Waals surface area contributed by atoms with Crippen molar-refractivity contribution in [2.75, 3.05) is 13.2 Å². The summed E-state index contributed by atoms with van der Waals surface area (Å²) in [6.45, 7) is 7.17. The van der Waals surface area contributed by atoms with Crippen LogP contribution < -0.4 is 0 Å². The van der Waals surface area contributed by atoms with Crippen LogP contribution in [0.4, 0.5) is 0 Å². The van der Waals surface area contributed by atoms with Gasteiger partial charge in [-0.25, -0.2) is 4.79 Å². The van der Waals surface area contributed by atoms with Crippen LogP contribution in [0.3, 0.4) is 0 Å². The number of ether oxygens (including phenoxy) is 1. The Labute approximate surface area is 156 Å². The van der Waals surface area contributed by atoms with E-state index in [1.165, 1.54) is 6.08 Å². The fourth-order valence-electron chi connectivity index (χ4n) is 5.14. The van der Waals surface area contributed by atoms with Crippen molar-refractivity contribution >= 4 is 5.97 Å². The smallest absolute Gasteiger partial charge is 0.331 e. The summed E-state index contributed by atoms with van der Waals surface area (Å²) in [5.41, 5.74) is -2.08. The van der Waals surface area contributed by atoms with Crippen LogP contribution in [-0.4, -0.2) is 46.2 Å². The maximum absolute atomic E-state index is 12.3. The minimum atomic E-state index is -1.52. The number of carbonyl (C=O) groups excluding carboxylic acids is 1. The lowest BCUT2D eigenvalue weighted by molar-refractivity contribution is -0.198. The summed E-state index contributed by atoms with van der Waals surface area (Å²) in [4.78, 5) is 12.3. The molecule has 1 fully saturated rings. The molecule has 0 aromatic carbocycles. The molecule has 146 valence electrons. The molecule has 0 saturated heterocycles.